The maximum atomic E-state index is 13.2. The van der Waals surface area contributed by atoms with Crippen LogP contribution in [0, 0.1) is 11.8 Å². The van der Waals surface area contributed by atoms with Crippen LogP contribution < -0.4 is 5.32 Å². The predicted molar refractivity (Wildman–Crippen MR) is 106 cm³/mol. The largest absolute Gasteiger partial charge is 0.338 e. The van der Waals surface area contributed by atoms with Crippen LogP contribution in [0.1, 0.15) is 10.4 Å². The summed E-state index contributed by atoms with van der Waals surface area (Å²) in [6, 6.07) is 14.7. The highest BCUT2D eigenvalue weighted by Gasteiger charge is 2.38. The third-order valence-electron chi connectivity index (χ3n) is 5.57. The fourth-order valence-corrected chi connectivity index (χ4v) is 4.32. The van der Waals surface area contributed by atoms with Crippen molar-refractivity contribution in [1.82, 2.24) is 20.4 Å². The summed E-state index contributed by atoms with van der Waals surface area (Å²) in [6.45, 7) is 3.57. The molecule has 2 fully saturated rings. The van der Waals surface area contributed by atoms with Crippen molar-refractivity contribution in [2.45, 2.75) is 0 Å². The zero-order valence-electron chi connectivity index (χ0n) is 15.1. The van der Waals surface area contributed by atoms with E-state index < -0.39 is 0 Å². The molecule has 2 saturated heterocycles. The van der Waals surface area contributed by atoms with E-state index in [1.165, 1.54) is 0 Å². The quantitative estimate of drug-likeness (QED) is 0.737. The van der Waals surface area contributed by atoms with Gasteiger partial charge in [0.2, 0.25) is 5.82 Å². The fourth-order valence-electron chi connectivity index (χ4n) is 4.13. The molecule has 2 aliphatic rings. The highest BCUT2D eigenvalue weighted by atomic mass is 35.5. The molecule has 0 unspecified atom stereocenters. The Morgan fingerprint density at radius 2 is 1.89 bits per heavy atom. The van der Waals surface area contributed by atoms with Crippen LogP contribution in [0.2, 0.25) is 5.02 Å². The molecule has 3 heterocycles. The molecule has 3 aromatic rings. The van der Waals surface area contributed by atoms with Crippen LogP contribution in [0.3, 0.4) is 0 Å². The maximum absolute atomic E-state index is 13.2. The Morgan fingerprint density at radius 3 is 2.68 bits per heavy atom. The molecule has 0 radical (unpaired) electrons. The van der Waals surface area contributed by atoms with Gasteiger partial charge in [0.15, 0.2) is 0 Å². The van der Waals surface area contributed by atoms with Gasteiger partial charge in [-0.1, -0.05) is 41.0 Å². The number of halogens is 1. The van der Waals surface area contributed by atoms with Crippen LogP contribution in [-0.4, -0.2) is 47.1 Å². The number of nitrogens with one attached hydrogen (secondary N) is 1. The molecule has 142 valence electrons. The highest BCUT2D eigenvalue weighted by molar-refractivity contribution is 6.30. The summed E-state index contributed by atoms with van der Waals surface area (Å²) in [5.41, 5.74) is 2.02. The van der Waals surface area contributed by atoms with Crippen LogP contribution in [0.5, 0.6) is 0 Å². The average molecular weight is 395 g/mol. The van der Waals surface area contributed by atoms with Crippen molar-refractivity contribution in [3.63, 3.8) is 0 Å². The SMILES string of the molecule is O=C(c1ccccc1-c1nc(-c2cccc(Cl)c2)no1)N1C[C@H]2CNC[C@H]2C1. The molecule has 0 spiro atoms. The molecule has 1 N–H and O–H groups in total. The van der Waals surface area contributed by atoms with Crippen molar-refractivity contribution >= 4 is 17.5 Å². The van der Waals surface area contributed by atoms with Gasteiger partial charge in [0.25, 0.3) is 11.8 Å². The summed E-state index contributed by atoms with van der Waals surface area (Å²) in [6.07, 6.45) is 0. The lowest BCUT2D eigenvalue weighted by molar-refractivity contribution is 0.0782. The van der Waals surface area contributed by atoms with Crippen molar-refractivity contribution in [2.24, 2.45) is 11.8 Å². The molecule has 7 heteroatoms. The number of amides is 1. The van der Waals surface area contributed by atoms with Gasteiger partial charge in [0, 0.05) is 36.8 Å². The van der Waals surface area contributed by atoms with E-state index in [0.29, 0.717) is 39.7 Å². The van der Waals surface area contributed by atoms with Crippen molar-refractivity contribution in [2.75, 3.05) is 26.2 Å². The first-order valence-corrected chi connectivity index (χ1v) is 9.76. The summed E-state index contributed by atoms with van der Waals surface area (Å²) < 4.78 is 5.49. The van der Waals surface area contributed by atoms with Gasteiger partial charge >= 0.3 is 0 Å². The molecule has 5 rings (SSSR count). The Hall–Kier alpha value is -2.70. The second kappa shape index (κ2) is 7.04. The minimum Gasteiger partial charge on any atom is -0.338 e. The summed E-state index contributed by atoms with van der Waals surface area (Å²) in [5, 5.41) is 8.08. The molecule has 6 nitrogen and oxygen atoms in total. The molecule has 2 aromatic carbocycles. The number of fused-ring (bicyclic) bond motifs is 1. The molecular formula is C21H19ClN4O2. The summed E-state index contributed by atoms with van der Waals surface area (Å²) in [5.74, 6) is 1.90. The first kappa shape index (κ1) is 17.4. The summed E-state index contributed by atoms with van der Waals surface area (Å²) in [4.78, 5) is 19.6. The van der Waals surface area contributed by atoms with Gasteiger partial charge in [-0.2, -0.15) is 4.98 Å². The second-order valence-corrected chi connectivity index (χ2v) is 7.80. The normalized spacial score (nSPS) is 21.1. The van der Waals surface area contributed by atoms with Gasteiger partial charge in [-0.25, -0.2) is 0 Å². The predicted octanol–water partition coefficient (Wildman–Crippen LogP) is 3.35. The number of benzene rings is 2. The monoisotopic (exact) mass is 394 g/mol. The summed E-state index contributed by atoms with van der Waals surface area (Å²) >= 11 is 6.06. The van der Waals surface area contributed by atoms with Gasteiger partial charge < -0.3 is 14.7 Å². The van der Waals surface area contributed by atoms with Gasteiger partial charge in [0.05, 0.1) is 11.1 Å². The molecule has 0 bridgehead atoms. The van der Waals surface area contributed by atoms with Crippen LogP contribution in [0.15, 0.2) is 53.1 Å². The fraction of sp³-hybridized carbons (Fsp3) is 0.286. The standard InChI is InChI=1S/C21H19ClN4O2/c22-16-5-3-4-13(8-16)19-24-20(28-25-19)17-6-1-2-7-18(17)21(27)26-11-14-9-23-10-15(14)12-26/h1-8,14-15,23H,9-12H2/t14-,15+. The lowest BCUT2D eigenvalue weighted by atomic mass is 10.0. The van der Waals surface area contributed by atoms with E-state index in [1.54, 1.807) is 12.1 Å². The number of carbonyl (C=O) groups excluding carboxylic acids is 1. The Labute approximate surface area is 167 Å². The van der Waals surface area contributed by atoms with Crippen molar-refractivity contribution < 1.29 is 9.32 Å². The first-order chi connectivity index (χ1) is 13.7. The number of rotatable bonds is 3. The molecule has 0 saturated carbocycles. The minimum absolute atomic E-state index is 0.0208. The van der Waals surface area contributed by atoms with Gasteiger partial charge in [-0.3, -0.25) is 4.79 Å². The Kier molecular flexibility index (Phi) is 4.37. The molecule has 28 heavy (non-hydrogen) atoms. The smallest absolute Gasteiger partial charge is 0.259 e. The van der Waals surface area contributed by atoms with Crippen LogP contribution in [0.25, 0.3) is 22.8 Å². The molecule has 2 aliphatic heterocycles. The van der Waals surface area contributed by atoms with Crippen LogP contribution in [-0.2, 0) is 0 Å². The van der Waals surface area contributed by atoms with Gasteiger partial charge in [-0.15, -0.1) is 0 Å². The van der Waals surface area contributed by atoms with Crippen LogP contribution in [0.4, 0.5) is 0 Å². The number of aromatic nitrogens is 2. The molecule has 0 aliphatic carbocycles. The lowest BCUT2D eigenvalue weighted by Gasteiger charge is -2.18. The molecule has 2 atom stereocenters. The van der Waals surface area contributed by atoms with E-state index in [2.05, 4.69) is 15.5 Å². The topological polar surface area (TPSA) is 71.3 Å². The van der Waals surface area contributed by atoms with E-state index in [0.717, 1.165) is 31.7 Å². The van der Waals surface area contributed by atoms with E-state index >= 15 is 0 Å². The Balaban J connectivity index is 1.45. The maximum Gasteiger partial charge on any atom is 0.259 e. The van der Waals surface area contributed by atoms with Crippen molar-refractivity contribution in [3.8, 4) is 22.8 Å². The molecule has 1 aromatic heterocycles. The third kappa shape index (κ3) is 3.08. The van der Waals surface area contributed by atoms with Crippen molar-refractivity contribution in [3.05, 3.63) is 59.1 Å². The van der Waals surface area contributed by atoms with Gasteiger partial charge in [-0.05, 0) is 36.1 Å². The number of hydrogen-bond acceptors (Lipinski definition) is 5. The lowest BCUT2D eigenvalue weighted by Crippen LogP contribution is -2.32. The second-order valence-electron chi connectivity index (χ2n) is 7.37. The van der Waals surface area contributed by atoms with E-state index in [-0.39, 0.29) is 5.91 Å². The van der Waals surface area contributed by atoms with Crippen molar-refractivity contribution in [1.29, 1.82) is 0 Å². The minimum atomic E-state index is 0.0208. The number of carbonyl (C=O) groups is 1. The number of nitrogens with zero attached hydrogens (tertiary/aromatic N) is 3. The number of likely N-dealkylation sites (tertiary alicyclic amines) is 1. The zero-order valence-corrected chi connectivity index (χ0v) is 15.9. The Bertz CT molecular complexity index is 1020. The third-order valence-corrected chi connectivity index (χ3v) is 5.81. The van der Waals surface area contributed by atoms with Crippen LogP contribution >= 0.6 is 11.6 Å². The summed E-state index contributed by atoms with van der Waals surface area (Å²) in [7, 11) is 0. The highest BCUT2D eigenvalue weighted by Crippen LogP contribution is 2.31. The molecular weight excluding hydrogens is 376 g/mol. The van der Waals surface area contributed by atoms with E-state index in [4.69, 9.17) is 16.1 Å². The average Bonchev–Trinajstić information content (AvgIpc) is 3.43. The Morgan fingerprint density at radius 1 is 1.11 bits per heavy atom. The molecule has 1 amide bonds. The van der Waals surface area contributed by atoms with E-state index in [1.807, 2.05) is 41.3 Å². The number of hydrogen-bond donors (Lipinski definition) is 1. The van der Waals surface area contributed by atoms with E-state index in [9.17, 15) is 4.79 Å². The van der Waals surface area contributed by atoms with Gasteiger partial charge in [0.1, 0.15) is 0 Å². The first-order valence-electron chi connectivity index (χ1n) is 9.38. The zero-order chi connectivity index (χ0) is 19.1.